The molecule has 1 saturated carbocycles. The van der Waals surface area contributed by atoms with Gasteiger partial charge in [-0.15, -0.1) is 0 Å². The van der Waals surface area contributed by atoms with E-state index in [0.717, 1.165) is 13.1 Å². The van der Waals surface area contributed by atoms with Gasteiger partial charge in [0.15, 0.2) is 0 Å². The predicted molar refractivity (Wildman–Crippen MR) is 81.5 cm³/mol. The zero-order valence-corrected chi connectivity index (χ0v) is 13.0. The molecule has 2 atom stereocenters. The van der Waals surface area contributed by atoms with Gasteiger partial charge in [0.2, 0.25) is 0 Å². The van der Waals surface area contributed by atoms with Gasteiger partial charge < -0.3 is 10.2 Å². The summed E-state index contributed by atoms with van der Waals surface area (Å²) in [6, 6.07) is 3.95. The Labute approximate surface area is 125 Å². The molecule has 1 aromatic rings. The number of nitrogens with zero attached hydrogens (tertiary/aromatic N) is 1. The van der Waals surface area contributed by atoms with Crippen LogP contribution >= 0.6 is 0 Å². The molecule has 2 fully saturated rings. The zero-order valence-electron chi connectivity index (χ0n) is 13.0. The summed E-state index contributed by atoms with van der Waals surface area (Å²) in [5.41, 5.74) is 0.409. The van der Waals surface area contributed by atoms with Crippen LogP contribution in [0.3, 0.4) is 0 Å². The molecule has 1 saturated heterocycles. The van der Waals surface area contributed by atoms with Crippen molar-refractivity contribution in [3.63, 3.8) is 0 Å². The summed E-state index contributed by atoms with van der Waals surface area (Å²) in [7, 11) is 0. The molecule has 1 aliphatic carbocycles. The van der Waals surface area contributed by atoms with Crippen molar-refractivity contribution in [2.75, 3.05) is 18.0 Å². The molecule has 2 unspecified atom stereocenters. The topological polar surface area (TPSA) is 15.3 Å². The van der Waals surface area contributed by atoms with Crippen molar-refractivity contribution in [2.45, 2.75) is 45.2 Å². The lowest BCUT2D eigenvalue weighted by molar-refractivity contribution is 0.232. The van der Waals surface area contributed by atoms with Crippen molar-refractivity contribution in [3.05, 3.63) is 29.8 Å². The molecule has 0 bridgehead atoms. The average molecular weight is 294 g/mol. The van der Waals surface area contributed by atoms with E-state index in [1.54, 1.807) is 0 Å². The van der Waals surface area contributed by atoms with Crippen LogP contribution in [0.2, 0.25) is 0 Å². The first-order chi connectivity index (χ1) is 9.90. The third-order valence-electron chi connectivity index (χ3n) is 5.08. The monoisotopic (exact) mass is 294 g/mol. The second kappa shape index (κ2) is 5.24. The van der Waals surface area contributed by atoms with Gasteiger partial charge in [0.05, 0.1) is 5.69 Å². The van der Waals surface area contributed by atoms with E-state index in [2.05, 4.69) is 31.0 Å². The fourth-order valence-electron chi connectivity index (χ4n) is 3.53. The van der Waals surface area contributed by atoms with Crippen LogP contribution in [-0.2, 0) is 0 Å². The fraction of sp³-hybridized carbons (Fsp3) is 0.647. The summed E-state index contributed by atoms with van der Waals surface area (Å²) in [5, 5.41) is 3.66. The van der Waals surface area contributed by atoms with Gasteiger partial charge in [-0.1, -0.05) is 13.8 Å². The van der Waals surface area contributed by atoms with Crippen molar-refractivity contribution in [2.24, 2.45) is 11.8 Å². The standard InChI is InChI=1S/C17H24F2N2/c1-11(2)16-9-20-17(3,12-4-5-12)10-21(16)15-8-13(18)6-7-14(15)19/h6-8,11-12,16,20H,4-5,9-10H2,1-3H3. The number of hydrogen-bond donors (Lipinski definition) is 1. The molecule has 21 heavy (non-hydrogen) atoms. The number of benzene rings is 1. The highest BCUT2D eigenvalue weighted by atomic mass is 19.1. The Morgan fingerprint density at radius 3 is 2.62 bits per heavy atom. The number of rotatable bonds is 3. The quantitative estimate of drug-likeness (QED) is 0.917. The van der Waals surface area contributed by atoms with E-state index >= 15 is 0 Å². The highest BCUT2D eigenvalue weighted by Crippen LogP contribution is 2.43. The number of halogens is 2. The molecule has 0 spiro atoms. The number of hydrogen-bond acceptors (Lipinski definition) is 2. The van der Waals surface area contributed by atoms with E-state index < -0.39 is 0 Å². The Morgan fingerprint density at radius 2 is 2.00 bits per heavy atom. The first-order valence-corrected chi connectivity index (χ1v) is 7.87. The van der Waals surface area contributed by atoms with Crippen molar-refractivity contribution >= 4 is 5.69 Å². The van der Waals surface area contributed by atoms with Crippen molar-refractivity contribution < 1.29 is 8.78 Å². The molecule has 1 N–H and O–H groups in total. The minimum Gasteiger partial charge on any atom is -0.363 e. The van der Waals surface area contributed by atoms with Crippen LogP contribution in [0.5, 0.6) is 0 Å². The molecule has 2 nitrogen and oxygen atoms in total. The minimum atomic E-state index is -0.374. The average Bonchev–Trinajstić information content (AvgIpc) is 3.26. The Bertz CT molecular complexity index is 528. The van der Waals surface area contributed by atoms with Crippen LogP contribution in [0.25, 0.3) is 0 Å². The normalized spacial score (nSPS) is 30.0. The van der Waals surface area contributed by atoms with E-state index in [0.29, 0.717) is 17.5 Å². The highest BCUT2D eigenvalue weighted by molar-refractivity contribution is 5.50. The molecule has 0 amide bonds. The third-order valence-corrected chi connectivity index (χ3v) is 5.08. The van der Waals surface area contributed by atoms with E-state index in [1.807, 2.05) is 0 Å². The van der Waals surface area contributed by atoms with E-state index in [-0.39, 0.29) is 23.2 Å². The van der Waals surface area contributed by atoms with Gasteiger partial charge >= 0.3 is 0 Å². The number of piperazine rings is 1. The van der Waals surface area contributed by atoms with Gasteiger partial charge in [-0.05, 0) is 43.7 Å². The van der Waals surface area contributed by atoms with Crippen LogP contribution in [0.4, 0.5) is 14.5 Å². The molecule has 1 aliphatic heterocycles. The summed E-state index contributed by atoms with van der Waals surface area (Å²) < 4.78 is 27.8. The molecule has 1 heterocycles. The van der Waals surface area contributed by atoms with Crippen LogP contribution in [-0.4, -0.2) is 24.7 Å². The summed E-state index contributed by atoms with van der Waals surface area (Å²) >= 11 is 0. The Hall–Kier alpha value is -1.16. The first kappa shape index (κ1) is 14.8. The molecular weight excluding hydrogens is 270 g/mol. The molecule has 116 valence electrons. The second-order valence-electron chi connectivity index (χ2n) is 7.11. The van der Waals surface area contributed by atoms with Crippen molar-refractivity contribution in [1.82, 2.24) is 5.32 Å². The third kappa shape index (κ3) is 2.78. The predicted octanol–water partition coefficient (Wildman–Crippen LogP) is 3.57. The maximum absolute atomic E-state index is 14.2. The fourth-order valence-corrected chi connectivity index (χ4v) is 3.53. The minimum absolute atomic E-state index is 0.00411. The van der Waals surface area contributed by atoms with Crippen LogP contribution in [0, 0.1) is 23.5 Å². The lowest BCUT2D eigenvalue weighted by atomic mass is 9.87. The first-order valence-electron chi connectivity index (χ1n) is 7.87. The molecule has 1 aromatic carbocycles. The number of anilines is 1. The van der Waals surface area contributed by atoms with E-state index in [9.17, 15) is 8.78 Å². The summed E-state index contributed by atoms with van der Waals surface area (Å²) in [5.74, 6) is 0.330. The summed E-state index contributed by atoms with van der Waals surface area (Å²) in [6.45, 7) is 8.04. The van der Waals surface area contributed by atoms with Gasteiger partial charge in [-0.2, -0.15) is 0 Å². The van der Waals surface area contributed by atoms with Crippen LogP contribution in [0.1, 0.15) is 33.6 Å². The Morgan fingerprint density at radius 1 is 1.29 bits per heavy atom. The second-order valence-corrected chi connectivity index (χ2v) is 7.11. The van der Waals surface area contributed by atoms with Gasteiger partial charge in [0, 0.05) is 30.7 Å². The van der Waals surface area contributed by atoms with Crippen molar-refractivity contribution in [1.29, 1.82) is 0 Å². The van der Waals surface area contributed by atoms with E-state index in [1.165, 1.54) is 31.0 Å². The van der Waals surface area contributed by atoms with Gasteiger partial charge in [-0.3, -0.25) is 0 Å². The van der Waals surface area contributed by atoms with E-state index in [4.69, 9.17) is 0 Å². The summed E-state index contributed by atoms with van der Waals surface area (Å²) in [6.07, 6.45) is 2.46. The lowest BCUT2D eigenvalue weighted by Crippen LogP contribution is -2.65. The zero-order chi connectivity index (χ0) is 15.2. The molecule has 0 radical (unpaired) electrons. The summed E-state index contributed by atoms with van der Waals surface area (Å²) in [4.78, 5) is 2.08. The highest BCUT2D eigenvalue weighted by Gasteiger charge is 2.46. The maximum atomic E-state index is 14.2. The van der Waals surface area contributed by atoms with Crippen LogP contribution in [0.15, 0.2) is 18.2 Å². The molecule has 2 aliphatic rings. The molecular formula is C17H24F2N2. The molecule has 0 aromatic heterocycles. The Kier molecular flexibility index (Phi) is 3.68. The van der Waals surface area contributed by atoms with Crippen LogP contribution < -0.4 is 10.2 Å². The molecule has 4 heteroatoms. The largest absolute Gasteiger partial charge is 0.363 e. The Balaban J connectivity index is 1.95. The van der Waals surface area contributed by atoms with Gasteiger partial charge in [0.25, 0.3) is 0 Å². The SMILES string of the molecule is CC(C)C1CNC(C)(C2CC2)CN1c1cc(F)ccc1F. The van der Waals surface area contributed by atoms with Crippen molar-refractivity contribution in [3.8, 4) is 0 Å². The maximum Gasteiger partial charge on any atom is 0.146 e. The lowest BCUT2D eigenvalue weighted by Gasteiger charge is -2.49. The smallest absolute Gasteiger partial charge is 0.146 e. The number of nitrogens with one attached hydrogen (secondary N) is 1. The molecule has 3 rings (SSSR count). The van der Waals surface area contributed by atoms with Gasteiger partial charge in [-0.25, -0.2) is 8.78 Å². The van der Waals surface area contributed by atoms with Gasteiger partial charge in [0.1, 0.15) is 11.6 Å².